The van der Waals surface area contributed by atoms with Gasteiger partial charge in [-0.25, -0.2) is 4.79 Å². The second-order valence-electron chi connectivity index (χ2n) is 4.48. The van der Waals surface area contributed by atoms with E-state index in [0.29, 0.717) is 5.75 Å². The maximum Gasteiger partial charge on any atom is 0.337 e. The molecule has 0 heterocycles. The van der Waals surface area contributed by atoms with Crippen molar-refractivity contribution in [2.75, 3.05) is 12.4 Å². The molecule has 0 bridgehead atoms. The number of hydrogen-bond donors (Lipinski definition) is 3. The van der Waals surface area contributed by atoms with Gasteiger partial charge in [-0.2, -0.15) is 0 Å². The number of nitrogens with two attached hydrogens (primary N) is 1. The summed E-state index contributed by atoms with van der Waals surface area (Å²) in [6.07, 6.45) is 0. The van der Waals surface area contributed by atoms with Crippen LogP contribution in [0.5, 0.6) is 5.75 Å². The molecule has 0 aromatic heterocycles. The second-order valence-corrected chi connectivity index (χ2v) is 4.48. The summed E-state index contributed by atoms with van der Waals surface area (Å²) in [5.74, 6) is -1.14. The van der Waals surface area contributed by atoms with Crippen LogP contribution < -0.4 is 15.8 Å². The van der Waals surface area contributed by atoms with Crippen LogP contribution in [0.4, 0.5) is 5.69 Å². The second kappa shape index (κ2) is 6.19. The van der Waals surface area contributed by atoms with E-state index >= 15 is 0 Å². The van der Waals surface area contributed by atoms with E-state index in [1.807, 2.05) is 13.8 Å². The van der Waals surface area contributed by atoms with Crippen molar-refractivity contribution in [1.29, 1.82) is 0 Å². The van der Waals surface area contributed by atoms with Crippen molar-refractivity contribution in [3.8, 4) is 5.75 Å². The van der Waals surface area contributed by atoms with Crippen LogP contribution >= 0.6 is 0 Å². The van der Waals surface area contributed by atoms with Gasteiger partial charge in [-0.05, 0) is 18.1 Å². The molecule has 1 aromatic rings. The van der Waals surface area contributed by atoms with Gasteiger partial charge in [-0.1, -0.05) is 13.8 Å². The summed E-state index contributed by atoms with van der Waals surface area (Å²) in [7, 11) is 1.46. The highest BCUT2D eigenvalue weighted by molar-refractivity contribution is 6.02. The Bertz CT molecular complexity index is 486. The number of nitrogens with one attached hydrogen (secondary N) is 1. The maximum atomic E-state index is 11.9. The number of carbonyl (C=O) groups is 2. The van der Waals surface area contributed by atoms with Crippen molar-refractivity contribution in [3.05, 3.63) is 23.8 Å². The minimum Gasteiger partial charge on any atom is -0.497 e. The fraction of sp³-hybridized carbons (Fsp3) is 0.385. The molecule has 0 saturated heterocycles. The zero-order valence-corrected chi connectivity index (χ0v) is 11.1. The third-order valence-electron chi connectivity index (χ3n) is 2.74. The molecule has 104 valence electrons. The fourth-order valence-electron chi connectivity index (χ4n) is 1.46. The molecule has 0 aliphatic rings. The predicted octanol–water partition coefficient (Wildman–Crippen LogP) is 1.32. The van der Waals surface area contributed by atoms with Gasteiger partial charge >= 0.3 is 5.97 Å². The van der Waals surface area contributed by atoms with Gasteiger partial charge in [0.05, 0.1) is 24.4 Å². The number of rotatable bonds is 5. The summed E-state index contributed by atoms with van der Waals surface area (Å²) in [6, 6.07) is 3.64. The van der Waals surface area contributed by atoms with Crippen molar-refractivity contribution in [2.45, 2.75) is 19.9 Å². The van der Waals surface area contributed by atoms with Crippen LogP contribution in [-0.4, -0.2) is 30.1 Å². The molecule has 1 atom stereocenters. The molecule has 0 aliphatic carbocycles. The smallest absolute Gasteiger partial charge is 0.337 e. The Morgan fingerprint density at radius 1 is 1.37 bits per heavy atom. The van der Waals surface area contributed by atoms with E-state index in [9.17, 15) is 9.59 Å². The van der Waals surface area contributed by atoms with Crippen LogP contribution in [0.25, 0.3) is 0 Å². The molecule has 1 aromatic carbocycles. The number of carboxylic acid groups (broad SMARTS) is 1. The van der Waals surface area contributed by atoms with Gasteiger partial charge in [-0.15, -0.1) is 0 Å². The number of methoxy groups -OCH3 is 1. The van der Waals surface area contributed by atoms with E-state index in [-0.39, 0.29) is 17.2 Å². The Morgan fingerprint density at radius 2 is 2.00 bits per heavy atom. The summed E-state index contributed by atoms with van der Waals surface area (Å²) in [5, 5.41) is 11.6. The van der Waals surface area contributed by atoms with Crippen molar-refractivity contribution >= 4 is 17.6 Å². The lowest BCUT2D eigenvalue weighted by Gasteiger charge is -2.16. The third kappa shape index (κ3) is 3.69. The molecule has 1 unspecified atom stereocenters. The number of carboxylic acids is 1. The lowest BCUT2D eigenvalue weighted by Crippen LogP contribution is -2.40. The minimum absolute atomic E-state index is 0.00916. The highest BCUT2D eigenvalue weighted by Gasteiger charge is 2.20. The molecule has 0 aliphatic heterocycles. The normalized spacial score (nSPS) is 12.1. The third-order valence-corrected chi connectivity index (χ3v) is 2.74. The van der Waals surface area contributed by atoms with Crippen LogP contribution in [0.15, 0.2) is 18.2 Å². The van der Waals surface area contributed by atoms with Gasteiger partial charge in [0.2, 0.25) is 5.91 Å². The Hall–Kier alpha value is -2.08. The Kier molecular flexibility index (Phi) is 4.88. The first-order valence-electron chi connectivity index (χ1n) is 5.84. The number of carbonyl (C=O) groups excluding carboxylic acids is 1. The maximum absolute atomic E-state index is 11.9. The first-order valence-corrected chi connectivity index (χ1v) is 5.84. The monoisotopic (exact) mass is 266 g/mol. The zero-order valence-electron chi connectivity index (χ0n) is 11.1. The van der Waals surface area contributed by atoms with E-state index in [4.69, 9.17) is 15.6 Å². The topological polar surface area (TPSA) is 102 Å². The zero-order chi connectivity index (χ0) is 14.6. The summed E-state index contributed by atoms with van der Waals surface area (Å²) in [5.41, 5.74) is 5.88. The Labute approximate surface area is 111 Å². The predicted molar refractivity (Wildman–Crippen MR) is 71.4 cm³/mol. The van der Waals surface area contributed by atoms with Crippen molar-refractivity contribution in [2.24, 2.45) is 11.7 Å². The van der Waals surface area contributed by atoms with Gasteiger partial charge in [0.25, 0.3) is 0 Å². The van der Waals surface area contributed by atoms with Gasteiger partial charge in [0.1, 0.15) is 5.75 Å². The van der Waals surface area contributed by atoms with E-state index in [1.165, 1.54) is 25.3 Å². The van der Waals surface area contributed by atoms with Gasteiger partial charge in [0, 0.05) is 6.07 Å². The molecule has 0 fully saturated rings. The number of amides is 1. The molecule has 4 N–H and O–H groups in total. The lowest BCUT2D eigenvalue weighted by molar-refractivity contribution is -0.118. The molecule has 6 nitrogen and oxygen atoms in total. The van der Waals surface area contributed by atoms with Crippen LogP contribution in [0.3, 0.4) is 0 Å². The summed E-state index contributed by atoms with van der Waals surface area (Å²) in [6.45, 7) is 3.63. The molecule has 0 saturated carbocycles. The standard InChI is InChI=1S/C13H18N2O4/c1-7(2)11(14)12(16)15-10-6-8(19-3)4-5-9(10)13(17)18/h4-7,11H,14H2,1-3H3,(H,15,16)(H,17,18). The first-order chi connectivity index (χ1) is 8.86. The lowest BCUT2D eigenvalue weighted by atomic mass is 10.0. The average molecular weight is 266 g/mol. The molecule has 19 heavy (non-hydrogen) atoms. The van der Waals surface area contributed by atoms with E-state index in [1.54, 1.807) is 0 Å². The van der Waals surface area contributed by atoms with E-state index in [0.717, 1.165) is 0 Å². The quantitative estimate of drug-likeness (QED) is 0.746. The fourth-order valence-corrected chi connectivity index (χ4v) is 1.46. The number of aromatic carboxylic acids is 1. The van der Waals surface area contributed by atoms with Crippen LogP contribution in [-0.2, 0) is 4.79 Å². The first kappa shape index (κ1) is 15.0. The van der Waals surface area contributed by atoms with E-state index in [2.05, 4.69) is 5.32 Å². The number of anilines is 1. The molecule has 6 heteroatoms. The van der Waals surface area contributed by atoms with Crippen LogP contribution in [0, 0.1) is 5.92 Å². The molecule has 0 radical (unpaired) electrons. The number of benzene rings is 1. The van der Waals surface area contributed by atoms with Crippen molar-refractivity contribution in [3.63, 3.8) is 0 Å². The molecule has 0 spiro atoms. The largest absolute Gasteiger partial charge is 0.497 e. The summed E-state index contributed by atoms with van der Waals surface area (Å²) < 4.78 is 5.00. The van der Waals surface area contributed by atoms with E-state index < -0.39 is 17.9 Å². The average Bonchev–Trinajstić information content (AvgIpc) is 2.36. The van der Waals surface area contributed by atoms with Gasteiger partial charge < -0.3 is 20.9 Å². The highest BCUT2D eigenvalue weighted by atomic mass is 16.5. The molecule has 1 rings (SSSR count). The highest BCUT2D eigenvalue weighted by Crippen LogP contribution is 2.23. The Balaban J connectivity index is 3.04. The minimum atomic E-state index is -1.13. The SMILES string of the molecule is COc1ccc(C(=O)O)c(NC(=O)C(N)C(C)C)c1. The summed E-state index contributed by atoms with van der Waals surface area (Å²) in [4.78, 5) is 22.9. The van der Waals surface area contributed by atoms with Crippen molar-refractivity contribution < 1.29 is 19.4 Å². The molecule has 1 amide bonds. The van der Waals surface area contributed by atoms with Gasteiger partial charge in [0.15, 0.2) is 0 Å². The van der Waals surface area contributed by atoms with Crippen LogP contribution in [0.2, 0.25) is 0 Å². The molecular weight excluding hydrogens is 248 g/mol. The van der Waals surface area contributed by atoms with Gasteiger partial charge in [-0.3, -0.25) is 4.79 Å². The summed E-state index contributed by atoms with van der Waals surface area (Å²) >= 11 is 0. The number of hydrogen-bond acceptors (Lipinski definition) is 4. The van der Waals surface area contributed by atoms with Crippen LogP contribution in [0.1, 0.15) is 24.2 Å². The number of ether oxygens (including phenoxy) is 1. The van der Waals surface area contributed by atoms with Crippen molar-refractivity contribution in [1.82, 2.24) is 0 Å². The Morgan fingerprint density at radius 3 is 2.47 bits per heavy atom. The molecular formula is C13H18N2O4.